The minimum Gasteiger partial charge on any atom is -0.495 e. The molecule has 0 spiro atoms. The molecule has 0 N–H and O–H groups in total. The Hall–Kier alpha value is -2.78. The molecule has 9 heteroatoms. The van der Waals surface area contributed by atoms with Crippen LogP contribution in [0.15, 0.2) is 47.4 Å². The second kappa shape index (κ2) is 9.84. The molecule has 4 rings (SSSR count). The molecule has 1 saturated heterocycles. The van der Waals surface area contributed by atoms with Crippen molar-refractivity contribution >= 4 is 15.9 Å². The van der Waals surface area contributed by atoms with E-state index < -0.39 is 10.0 Å². The molecule has 8 nitrogen and oxygen atoms in total. The van der Waals surface area contributed by atoms with Gasteiger partial charge in [0.05, 0.1) is 13.7 Å². The normalized spacial score (nSPS) is 22.8. The van der Waals surface area contributed by atoms with Crippen LogP contribution in [0.5, 0.6) is 17.2 Å². The fraction of sp³-hybridized carbons (Fsp3) is 0.480. The zero-order chi connectivity index (χ0) is 24.5. The number of fused-ring (bicyclic) bond motifs is 1. The summed E-state index contributed by atoms with van der Waals surface area (Å²) in [4.78, 5) is 14.7. The summed E-state index contributed by atoms with van der Waals surface area (Å²) in [5.41, 5.74) is 0.275. The number of carbonyl (C=O) groups is 1. The van der Waals surface area contributed by atoms with Gasteiger partial charge in [-0.15, -0.1) is 0 Å². The van der Waals surface area contributed by atoms with Crippen molar-refractivity contribution in [2.75, 3.05) is 40.4 Å². The molecule has 0 aromatic heterocycles. The molecule has 0 bridgehead atoms. The van der Waals surface area contributed by atoms with Crippen LogP contribution in [-0.2, 0) is 10.0 Å². The Kier molecular flexibility index (Phi) is 7.04. The van der Waals surface area contributed by atoms with Crippen molar-refractivity contribution < 1.29 is 27.4 Å². The fourth-order valence-electron chi connectivity index (χ4n) is 4.71. The van der Waals surface area contributed by atoms with Crippen molar-refractivity contribution in [2.24, 2.45) is 11.8 Å². The number of benzene rings is 2. The smallest absolute Gasteiger partial charge is 0.253 e. The van der Waals surface area contributed by atoms with Crippen molar-refractivity contribution in [3.8, 4) is 17.2 Å². The largest absolute Gasteiger partial charge is 0.495 e. The van der Waals surface area contributed by atoms with Gasteiger partial charge in [-0.25, -0.2) is 8.42 Å². The van der Waals surface area contributed by atoms with E-state index in [0.29, 0.717) is 37.7 Å². The Balaban J connectivity index is 1.53. The molecule has 2 heterocycles. The topological polar surface area (TPSA) is 85.4 Å². The Bertz CT molecular complexity index is 1140. The maximum absolute atomic E-state index is 13.5. The minimum atomic E-state index is -3.82. The van der Waals surface area contributed by atoms with Crippen LogP contribution in [0.2, 0.25) is 0 Å². The van der Waals surface area contributed by atoms with Gasteiger partial charge in [0, 0.05) is 25.7 Å². The maximum Gasteiger partial charge on any atom is 0.253 e. The highest BCUT2D eigenvalue weighted by molar-refractivity contribution is 7.89. The summed E-state index contributed by atoms with van der Waals surface area (Å²) in [5.74, 6) is 1.78. The molecular weight excluding hydrogens is 456 g/mol. The van der Waals surface area contributed by atoms with Crippen LogP contribution in [0.1, 0.15) is 30.6 Å². The molecule has 184 valence electrons. The molecule has 2 aromatic carbocycles. The SMILES string of the molecule is COc1ccc(C(=O)N(C)CC2COc3ccccc3O2)cc1S(=O)(=O)N1CC(C)CC(C)C1. The average Bonchev–Trinajstić information content (AvgIpc) is 2.82. The van der Waals surface area contributed by atoms with Crippen molar-refractivity contribution in [3.63, 3.8) is 0 Å². The number of piperidine rings is 1. The molecule has 3 unspecified atom stereocenters. The highest BCUT2D eigenvalue weighted by Crippen LogP contribution is 2.33. The summed E-state index contributed by atoms with van der Waals surface area (Å²) < 4.78 is 45.6. The van der Waals surface area contributed by atoms with Gasteiger partial charge in [-0.1, -0.05) is 26.0 Å². The van der Waals surface area contributed by atoms with E-state index in [1.54, 1.807) is 19.2 Å². The van der Waals surface area contributed by atoms with Gasteiger partial charge in [-0.05, 0) is 48.6 Å². The van der Waals surface area contributed by atoms with Crippen molar-refractivity contribution in [1.29, 1.82) is 0 Å². The molecule has 34 heavy (non-hydrogen) atoms. The number of para-hydroxylation sites is 2. The van der Waals surface area contributed by atoms with Crippen molar-refractivity contribution in [3.05, 3.63) is 48.0 Å². The van der Waals surface area contributed by atoms with Crippen molar-refractivity contribution in [2.45, 2.75) is 31.3 Å². The zero-order valence-corrected chi connectivity index (χ0v) is 20.9. The van der Waals surface area contributed by atoms with E-state index in [1.165, 1.54) is 22.4 Å². The number of sulfonamides is 1. The van der Waals surface area contributed by atoms with Crippen LogP contribution in [0.4, 0.5) is 0 Å². The molecule has 2 aliphatic rings. The monoisotopic (exact) mass is 488 g/mol. The Labute approximate surface area is 201 Å². The third kappa shape index (κ3) is 5.00. The number of likely N-dealkylation sites (N-methyl/N-ethyl adjacent to an activating group) is 1. The fourth-order valence-corrected chi connectivity index (χ4v) is 6.58. The lowest BCUT2D eigenvalue weighted by Crippen LogP contribution is -2.43. The quantitative estimate of drug-likeness (QED) is 0.621. The van der Waals surface area contributed by atoms with Crippen LogP contribution in [-0.4, -0.2) is 70.0 Å². The summed E-state index contributed by atoms with van der Waals surface area (Å²) in [5, 5.41) is 0. The Morgan fingerprint density at radius 2 is 1.79 bits per heavy atom. The summed E-state index contributed by atoms with van der Waals surface area (Å²) in [6, 6.07) is 12.0. The number of hydrogen-bond acceptors (Lipinski definition) is 6. The molecule has 1 amide bonds. The van der Waals surface area contributed by atoms with Gasteiger partial charge in [-0.3, -0.25) is 4.79 Å². The Morgan fingerprint density at radius 3 is 2.47 bits per heavy atom. The average molecular weight is 489 g/mol. The van der Waals surface area contributed by atoms with Gasteiger partial charge in [0.2, 0.25) is 10.0 Å². The number of carbonyl (C=O) groups excluding carboxylic acids is 1. The predicted octanol–water partition coefficient (Wildman–Crippen LogP) is 3.27. The number of hydrogen-bond donors (Lipinski definition) is 0. The van der Waals surface area contributed by atoms with Crippen LogP contribution in [0.3, 0.4) is 0 Å². The molecule has 3 atom stereocenters. The van der Waals surface area contributed by atoms with E-state index in [9.17, 15) is 13.2 Å². The summed E-state index contributed by atoms with van der Waals surface area (Å²) in [6.07, 6.45) is 0.658. The first-order valence-corrected chi connectivity index (χ1v) is 12.9. The molecule has 2 aromatic rings. The lowest BCUT2D eigenvalue weighted by atomic mass is 9.94. The Morgan fingerprint density at radius 1 is 1.12 bits per heavy atom. The summed E-state index contributed by atoms with van der Waals surface area (Å²) in [7, 11) is -0.723. The first-order valence-electron chi connectivity index (χ1n) is 11.5. The number of nitrogens with zero attached hydrogens (tertiary/aromatic N) is 2. The van der Waals surface area contributed by atoms with E-state index in [4.69, 9.17) is 14.2 Å². The predicted molar refractivity (Wildman–Crippen MR) is 128 cm³/mol. The second-order valence-electron chi connectivity index (χ2n) is 9.32. The first-order chi connectivity index (χ1) is 16.2. The third-order valence-electron chi connectivity index (χ3n) is 6.26. The lowest BCUT2D eigenvalue weighted by molar-refractivity contribution is 0.0520. The molecular formula is C25H32N2O6S. The van der Waals surface area contributed by atoms with E-state index in [2.05, 4.69) is 13.8 Å². The number of amides is 1. The molecule has 1 fully saturated rings. The van der Waals surface area contributed by atoms with E-state index in [-0.39, 0.29) is 40.1 Å². The van der Waals surface area contributed by atoms with E-state index in [1.807, 2.05) is 24.3 Å². The molecule has 0 aliphatic carbocycles. The van der Waals surface area contributed by atoms with E-state index >= 15 is 0 Å². The standard InChI is InChI=1S/C25H32N2O6S/c1-17-11-18(2)14-27(13-17)34(29,30)24-12-19(9-10-23(24)31-4)25(28)26(3)15-20-16-32-21-7-5-6-8-22(21)33-20/h5-10,12,17-18,20H,11,13-16H2,1-4H3. The molecule has 2 aliphatic heterocycles. The highest BCUT2D eigenvalue weighted by atomic mass is 32.2. The minimum absolute atomic E-state index is 0.0155. The van der Waals surface area contributed by atoms with Crippen LogP contribution in [0, 0.1) is 11.8 Å². The van der Waals surface area contributed by atoms with Gasteiger partial charge in [0.25, 0.3) is 5.91 Å². The number of ether oxygens (including phenoxy) is 3. The van der Waals surface area contributed by atoms with Crippen LogP contribution in [0.25, 0.3) is 0 Å². The molecule has 0 saturated carbocycles. The molecule has 0 radical (unpaired) electrons. The van der Waals surface area contributed by atoms with Gasteiger partial charge >= 0.3 is 0 Å². The zero-order valence-electron chi connectivity index (χ0n) is 20.1. The van der Waals surface area contributed by atoms with Gasteiger partial charge in [0.1, 0.15) is 17.3 Å². The summed E-state index contributed by atoms with van der Waals surface area (Å²) in [6.45, 7) is 5.63. The first kappa shape index (κ1) is 24.3. The maximum atomic E-state index is 13.5. The number of rotatable bonds is 6. The second-order valence-corrected chi connectivity index (χ2v) is 11.2. The van der Waals surface area contributed by atoms with E-state index in [0.717, 1.165) is 6.42 Å². The third-order valence-corrected chi connectivity index (χ3v) is 8.11. The van der Waals surface area contributed by atoms with Gasteiger partial charge < -0.3 is 19.1 Å². The summed E-state index contributed by atoms with van der Waals surface area (Å²) >= 11 is 0. The van der Waals surface area contributed by atoms with Gasteiger partial charge in [-0.2, -0.15) is 4.31 Å². The van der Waals surface area contributed by atoms with Crippen molar-refractivity contribution in [1.82, 2.24) is 9.21 Å². The van der Waals surface area contributed by atoms with Crippen LogP contribution < -0.4 is 14.2 Å². The lowest BCUT2D eigenvalue weighted by Gasteiger charge is -2.34. The van der Waals surface area contributed by atoms with Gasteiger partial charge in [0.15, 0.2) is 17.6 Å². The van der Waals surface area contributed by atoms with Crippen LogP contribution >= 0.6 is 0 Å². The highest BCUT2D eigenvalue weighted by Gasteiger charge is 2.34. The number of methoxy groups -OCH3 is 1.